The molecule has 34 heavy (non-hydrogen) atoms. The highest BCUT2D eigenvalue weighted by Crippen LogP contribution is 2.60. The third kappa shape index (κ3) is 4.74. The van der Waals surface area contributed by atoms with Crippen molar-refractivity contribution in [3.05, 3.63) is 60.7 Å². The smallest absolute Gasteiger partial charge is 0.261 e. The van der Waals surface area contributed by atoms with Gasteiger partial charge in [-0.15, -0.1) is 4.72 Å². The number of hydrogen-bond acceptors (Lipinski definition) is 4. The minimum Gasteiger partial charge on any atom is -0.598 e. The summed E-state index contributed by atoms with van der Waals surface area (Å²) in [6, 6.07) is 23.6. The maximum absolute atomic E-state index is 12.6. The molecule has 0 radical (unpaired) electrons. The lowest BCUT2D eigenvalue weighted by Gasteiger charge is -2.45. The van der Waals surface area contributed by atoms with Crippen molar-refractivity contribution in [2.24, 2.45) is 17.8 Å². The van der Waals surface area contributed by atoms with E-state index in [2.05, 4.69) is 92.2 Å². The van der Waals surface area contributed by atoms with Gasteiger partial charge < -0.3 is 8.98 Å². The minimum absolute atomic E-state index is 0.0394. The predicted molar refractivity (Wildman–Crippen MR) is 143 cm³/mol. The Morgan fingerprint density at radius 1 is 0.941 bits per heavy atom. The van der Waals surface area contributed by atoms with Crippen molar-refractivity contribution in [2.75, 3.05) is 0 Å². The Kier molecular flexibility index (Phi) is 7.07. The van der Waals surface area contributed by atoms with Gasteiger partial charge in [0.05, 0.1) is 6.07 Å². The zero-order valence-electron chi connectivity index (χ0n) is 21.2. The van der Waals surface area contributed by atoms with E-state index < -0.39 is 19.7 Å². The molecule has 6 atom stereocenters. The first-order chi connectivity index (χ1) is 16.0. The lowest BCUT2D eigenvalue weighted by molar-refractivity contribution is 0.171. The Balaban J connectivity index is 1.55. The Labute approximate surface area is 209 Å². The number of fused-ring (bicyclic) bond motifs is 1. The molecule has 2 aliphatic carbocycles. The molecule has 2 aromatic rings. The summed E-state index contributed by atoms with van der Waals surface area (Å²) in [6.45, 7) is 12.8. The lowest BCUT2D eigenvalue weighted by atomic mass is 10.0. The summed E-state index contributed by atoms with van der Waals surface area (Å²) in [5.41, 5.74) is 0. The highest BCUT2D eigenvalue weighted by molar-refractivity contribution is 7.90. The maximum atomic E-state index is 12.6. The molecule has 0 aromatic heterocycles. The van der Waals surface area contributed by atoms with Crippen LogP contribution < -0.4 is 15.1 Å². The molecule has 0 saturated heterocycles. The molecule has 0 bridgehead atoms. The van der Waals surface area contributed by atoms with Crippen LogP contribution in [0.25, 0.3) is 0 Å². The van der Waals surface area contributed by atoms with Gasteiger partial charge in [0.2, 0.25) is 0 Å². The van der Waals surface area contributed by atoms with Crippen LogP contribution in [0.1, 0.15) is 54.4 Å². The first-order valence-corrected chi connectivity index (χ1v) is 15.4. The van der Waals surface area contributed by atoms with Crippen molar-refractivity contribution >= 4 is 30.1 Å². The maximum Gasteiger partial charge on any atom is 0.261 e. The van der Waals surface area contributed by atoms with Crippen LogP contribution in [-0.4, -0.2) is 29.8 Å². The summed E-state index contributed by atoms with van der Waals surface area (Å²) >= 11 is -1.24. The van der Waals surface area contributed by atoms with Gasteiger partial charge in [-0.05, 0) is 66.8 Å². The zero-order valence-corrected chi connectivity index (χ0v) is 23.1. The second-order valence-electron chi connectivity index (χ2n) is 11.9. The van der Waals surface area contributed by atoms with Crippen LogP contribution in [0.2, 0.25) is 5.04 Å². The van der Waals surface area contributed by atoms with Gasteiger partial charge in [0.1, 0.15) is 10.8 Å². The monoisotopic (exact) mass is 494 g/mol. The van der Waals surface area contributed by atoms with Gasteiger partial charge in [-0.2, -0.15) is 5.26 Å². The van der Waals surface area contributed by atoms with Crippen LogP contribution in [0.3, 0.4) is 0 Å². The van der Waals surface area contributed by atoms with Gasteiger partial charge in [-0.25, -0.2) is 0 Å². The molecule has 0 heterocycles. The number of benzene rings is 2. The molecule has 0 spiro atoms. The van der Waals surface area contributed by atoms with Crippen LogP contribution in [0.4, 0.5) is 0 Å². The number of rotatable bonds is 7. The van der Waals surface area contributed by atoms with Crippen molar-refractivity contribution in [1.29, 1.82) is 5.26 Å². The van der Waals surface area contributed by atoms with Crippen molar-refractivity contribution in [3.63, 3.8) is 0 Å². The standard InChI is InChI=1S/C28H38N2O2SSi/c1-27(2,3)33(31)30-25(19-29)26-23-17-20(18-24(23)26)32-34(28(4,5)6,21-13-9-7-10-14-21)22-15-11-8-12-16-22/h7-16,20,23-26,30H,17-18H2,1-6H3/t20?,23-,24+,25?,26?,33?. The van der Waals surface area contributed by atoms with E-state index in [9.17, 15) is 9.81 Å². The zero-order chi connectivity index (χ0) is 24.7. The SMILES string of the molecule is CC(C)(C)[S+]([O-])NC(C#N)C1[C@H]2CC(O[Si](c3ccccc3)(c3ccccc3)C(C)(C)C)C[C@@H]12. The molecule has 0 aliphatic heterocycles. The second kappa shape index (κ2) is 9.44. The van der Waals surface area contributed by atoms with Crippen LogP contribution in [0.15, 0.2) is 60.7 Å². The van der Waals surface area contributed by atoms with E-state index in [1.54, 1.807) is 0 Å². The van der Waals surface area contributed by atoms with Crippen LogP contribution in [0.5, 0.6) is 0 Å². The molecule has 2 aliphatic rings. The van der Waals surface area contributed by atoms with E-state index in [1.165, 1.54) is 10.4 Å². The third-order valence-corrected chi connectivity index (χ3v) is 14.2. The van der Waals surface area contributed by atoms with Gasteiger partial charge in [-0.3, -0.25) is 0 Å². The average Bonchev–Trinajstić information content (AvgIpc) is 3.28. The number of hydrogen-bond donors (Lipinski definition) is 1. The summed E-state index contributed by atoms with van der Waals surface area (Å²) < 4.78 is 22.6. The molecule has 4 nitrogen and oxygen atoms in total. The van der Waals surface area contributed by atoms with Crippen molar-refractivity contribution in [2.45, 2.75) is 76.3 Å². The van der Waals surface area contributed by atoms with Crippen LogP contribution in [-0.2, 0) is 15.8 Å². The van der Waals surface area contributed by atoms with Crippen molar-refractivity contribution in [1.82, 2.24) is 4.72 Å². The predicted octanol–water partition coefficient (Wildman–Crippen LogP) is 4.53. The molecule has 2 fully saturated rings. The van der Waals surface area contributed by atoms with Crippen LogP contribution >= 0.6 is 0 Å². The van der Waals surface area contributed by atoms with Crippen molar-refractivity contribution in [3.8, 4) is 6.07 Å². The molecule has 4 unspecified atom stereocenters. The molecule has 1 N–H and O–H groups in total. The fraction of sp³-hybridized carbons (Fsp3) is 0.536. The summed E-state index contributed by atoms with van der Waals surface area (Å²) in [6.07, 6.45) is 2.13. The third-order valence-electron chi connectivity index (χ3n) is 7.54. The largest absolute Gasteiger partial charge is 0.598 e. The van der Waals surface area contributed by atoms with Crippen LogP contribution in [0, 0.1) is 29.1 Å². The van der Waals surface area contributed by atoms with Gasteiger partial charge in [0.15, 0.2) is 0 Å². The first-order valence-electron chi connectivity index (χ1n) is 12.4. The van der Waals surface area contributed by atoms with Gasteiger partial charge in [-0.1, -0.05) is 81.4 Å². The Bertz CT molecular complexity index is 961. The highest BCUT2D eigenvalue weighted by Gasteiger charge is 2.62. The molecule has 0 amide bonds. The fourth-order valence-corrected chi connectivity index (χ4v) is 11.4. The second-order valence-corrected chi connectivity index (χ2v) is 18.1. The highest BCUT2D eigenvalue weighted by atomic mass is 32.2. The Morgan fingerprint density at radius 2 is 1.41 bits per heavy atom. The summed E-state index contributed by atoms with van der Waals surface area (Å²) in [5, 5.41) is 12.4. The topological polar surface area (TPSA) is 68.1 Å². The van der Waals surface area contributed by atoms with E-state index in [4.69, 9.17) is 4.43 Å². The summed E-state index contributed by atoms with van der Waals surface area (Å²) in [4.78, 5) is 0. The fourth-order valence-electron chi connectivity index (χ4n) is 5.86. The molecule has 4 rings (SSSR count). The summed E-state index contributed by atoms with van der Waals surface area (Å²) in [7, 11) is -2.56. The molecular weight excluding hydrogens is 456 g/mol. The molecule has 2 aromatic carbocycles. The molecular formula is C28H38N2O2SSi. The van der Waals surface area contributed by atoms with Crippen molar-refractivity contribution < 1.29 is 8.98 Å². The van der Waals surface area contributed by atoms with Gasteiger partial charge in [0.25, 0.3) is 8.32 Å². The van der Waals surface area contributed by atoms with Gasteiger partial charge in [0, 0.05) is 17.5 Å². The molecule has 2 saturated carbocycles. The number of nitriles is 1. The van der Waals surface area contributed by atoms with E-state index >= 15 is 0 Å². The Hall–Kier alpha value is -1.62. The number of nitrogens with one attached hydrogen (secondary N) is 1. The lowest BCUT2D eigenvalue weighted by Crippen LogP contribution is -2.67. The van der Waals surface area contributed by atoms with E-state index in [1.807, 2.05) is 20.8 Å². The number of nitrogens with zero attached hydrogens (tertiary/aromatic N) is 1. The summed E-state index contributed by atoms with van der Waals surface area (Å²) in [5.74, 6) is 1.21. The van der Waals surface area contributed by atoms with Gasteiger partial charge >= 0.3 is 0 Å². The van der Waals surface area contributed by atoms with E-state index in [0.29, 0.717) is 11.8 Å². The Morgan fingerprint density at radius 3 is 1.79 bits per heavy atom. The minimum atomic E-state index is -2.56. The molecule has 6 heteroatoms. The normalized spacial score (nSPS) is 26.4. The van der Waals surface area contributed by atoms with E-state index in [0.717, 1.165) is 12.8 Å². The van der Waals surface area contributed by atoms with E-state index in [-0.39, 0.29) is 27.8 Å². The molecule has 182 valence electrons. The average molecular weight is 495 g/mol. The quantitative estimate of drug-likeness (QED) is 0.454. The first kappa shape index (κ1) is 25.5.